The van der Waals surface area contributed by atoms with Gasteiger partial charge in [-0.1, -0.05) is 45.4 Å². The molecule has 0 aliphatic carbocycles. The Labute approximate surface area is 94.8 Å². The summed E-state index contributed by atoms with van der Waals surface area (Å²) < 4.78 is 0. The molecule has 0 spiro atoms. The van der Waals surface area contributed by atoms with E-state index < -0.39 is 0 Å². The lowest BCUT2D eigenvalue weighted by molar-refractivity contribution is 0.489. The minimum Gasteiger partial charge on any atom is -0.305 e. The molecule has 0 aromatic heterocycles. The van der Waals surface area contributed by atoms with Crippen molar-refractivity contribution in [3.63, 3.8) is 0 Å². The molecule has 0 unspecified atom stereocenters. The average molecular weight is 207 g/mol. The van der Waals surface area contributed by atoms with Crippen molar-refractivity contribution in [2.45, 2.75) is 47.0 Å². The molecule has 0 bridgehead atoms. The van der Waals surface area contributed by atoms with E-state index in [4.69, 9.17) is 5.41 Å². The van der Waals surface area contributed by atoms with Crippen molar-refractivity contribution in [3.8, 4) is 0 Å². The van der Waals surface area contributed by atoms with Gasteiger partial charge in [0.2, 0.25) is 0 Å². The van der Waals surface area contributed by atoms with Gasteiger partial charge in [0, 0.05) is 11.6 Å². The van der Waals surface area contributed by atoms with Gasteiger partial charge in [-0.05, 0) is 31.8 Å². The summed E-state index contributed by atoms with van der Waals surface area (Å²) >= 11 is 0. The van der Waals surface area contributed by atoms with E-state index in [0.717, 1.165) is 30.0 Å². The van der Waals surface area contributed by atoms with Crippen LogP contribution in [0, 0.1) is 17.2 Å². The van der Waals surface area contributed by atoms with Crippen molar-refractivity contribution in [2.24, 2.45) is 11.8 Å². The smallest absolute Gasteiger partial charge is 0.0344 e. The van der Waals surface area contributed by atoms with Crippen LogP contribution in [0.15, 0.2) is 24.3 Å². The summed E-state index contributed by atoms with van der Waals surface area (Å²) in [5.74, 6) is 1.15. The molecule has 15 heavy (non-hydrogen) atoms. The van der Waals surface area contributed by atoms with Crippen LogP contribution in [0.3, 0.4) is 0 Å². The molecular formula is C14H25N. The highest BCUT2D eigenvalue weighted by molar-refractivity contribution is 5.94. The molecule has 0 aliphatic heterocycles. The van der Waals surface area contributed by atoms with Crippen molar-refractivity contribution >= 4 is 5.71 Å². The second-order valence-corrected chi connectivity index (χ2v) is 4.71. The van der Waals surface area contributed by atoms with E-state index in [-0.39, 0.29) is 0 Å². The van der Waals surface area contributed by atoms with Crippen LogP contribution < -0.4 is 0 Å². The standard InChI is InChI=1S/C14H25N/c1-6-13(9-7-11(2)3)14(15)10-8-12(4)5/h8,10-11,13,15H,4,6-7,9H2,1-3,5H3/b10-8-,15-14?/t13-/m0/s1. The van der Waals surface area contributed by atoms with Gasteiger partial charge >= 0.3 is 0 Å². The maximum atomic E-state index is 7.96. The van der Waals surface area contributed by atoms with Crippen molar-refractivity contribution in [2.75, 3.05) is 0 Å². The molecule has 0 radical (unpaired) electrons. The maximum Gasteiger partial charge on any atom is 0.0344 e. The predicted octanol–water partition coefficient (Wildman–Crippen LogP) is 4.60. The minimum absolute atomic E-state index is 0.419. The molecule has 1 atom stereocenters. The third kappa shape index (κ3) is 7.12. The Balaban J connectivity index is 4.16. The molecule has 1 N–H and O–H groups in total. The van der Waals surface area contributed by atoms with Crippen molar-refractivity contribution in [3.05, 3.63) is 24.3 Å². The quantitative estimate of drug-likeness (QED) is 0.466. The van der Waals surface area contributed by atoms with Gasteiger partial charge in [0.1, 0.15) is 0 Å². The van der Waals surface area contributed by atoms with Crippen LogP contribution in [0.25, 0.3) is 0 Å². The van der Waals surface area contributed by atoms with Gasteiger partial charge < -0.3 is 5.41 Å². The second kappa shape index (κ2) is 7.44. The topological polar surface area (TPSA) is 23.9 Å². The van der Waals surface area contributed by atoms with Crippen LogP contribution in [-0.4, -0.2) is 5.71 Å². The number of hydrogen-bond donors (Lipinski definition) is 1. The summed E-state index contributed by atoms with van der Waals surface area (Å²) in [6, 6.07) is 0. The van der Waals surface area contributed by atoms with Crippen LogP contribution in [-0.2, 0) is 0 Å². The van der Waals surface area contributed by atoms with Crippen molar-refractivity contribution in [1.82, 2.24) is 0 Å². The summed E-state index contributed by atoms with van der Waals surface area (Å²) in [7, 11) is 0. The second-order valence-electron chi connectivity index (χ2n) is 4.71. The highest BCUT2D eigenvalue weighted by Gasteiger charge is 2.10. The van der Waals surface area contributed by atoms with E-state index in [1.807, 2.05) is 19.1 Å². The zero-order valence-corrected chi connectivity index (χ0v) is 10.6. The SMILES string of the molecule is C=C(C)/C=C\C(=N)[C@@H](CC)CCC(C)C. The largest absolute Gasteiger partial charge is 0.305 e. The number of rotatable bonds is 7. The van der Waals surface area contributed by atoms with Crippen LogP contribution in [0.2, 0.25) is 0 Å². The Morgan fingerprint density at radius 2 is 1.87 bits per heavy atom. The monoisotopic (exact) mass is 207 g/mol. The number of allylic oxidation sites excluding steroid dienone is 3. The first kappa shape index (κ1) is 14.2. The Kier molecular flexibility index (Phi) is 7.02. The van der Waals surface area contributed by atoms with Crippen molar-refractivity contribution < 1.29 is 0 Å². The molecule has 1 nitrogen and oxygen atoms in total. The molecule has 0 aromatic rings. The van der Waals surface area contributed by atoms with Gasteiger partial charge in [0.15, 0.2) is 0 Å². The molecule has 0 aromatic carbocycles. The van der Waals surface area contributed by atoms with E-state index in [0.29, 0.717) is 5.92 Å². The predicted molar refractivity (Wildman–Crippen MR) is 69.5 cm³/mol. The van der Waals surface area contributed by atoms with Crippen LogP contribution in [0.1, 0.15) is 47.0 Å². The molecule has 0 aliphatic rings. The summed E-state index contributed by atoms with van der Waals surface area (Å²) in [6.45, 7) is 12.4. The minimum atomic E-state index is 0.419. The third-order valence-electron chi connectivity index (χ3n) is 2.57. The zero-order chi connectivity index (χ0) is 11.8. The molecule has 0 rings (SSSR count). The highest BCUT2D eigenvalue weighted by Crippen LogP contribution is 2.17. The number of nitrogens with one attached hydrogen (secondary N) is 1. The normalized spacial score (nSPS) is 13.4. The zero-order valence-electron chi connectivity index (χ0n) is 10.6. The third-order valence-corrected chi connectivity index (χ3v) is 2.57. The van der Waals surface area contributed by atoms with Crippen LogP contribution >= 0.6 is 0 Å². The van der Waals surface area contributed by atoms with E-state index in [9.17, 15) is 0 Å². The van der Waals surface area contributed by atoms with E-state index in [1.54, 1.807) is 0 Å². The maximum absolute atomic E-state index is 7.96. The van der Waals surface area contributed by atoms with E-state index in [1.165, 1.54) is 6.42 Å². The molecular weight excluding hydrogens is 182 g/mol. The summed E-state index contributed by atoms with van der Waals surface area (Å²) in [5, 5.41) is 7.96. The average Bonchev–Trinajstić information content (AvgIpc) is 2.15. The van der Waals surface area contributed by atoms with Gasteiger partial charge in [0.05, 0.1) is 0 Å². The van der Waals surface area contributed by atoms with Crippen LogP contribution in [0.4, 0.5) is 0 Å². The Hall–Kier alpha value is -0.850. The first-order chi connectivity index (χ1) is 6.97. The van der Waals surface area contributed by atoms with Gasteiger partial charge in [-0.25, -0.2) is 0 Å². The summed E-state index contributed by atoms with van der Waals surface area (Å²) in [4.78, 5) is 0. The Morgan fingerprint density at radius 3 is 2.27 bits per heavy atom. The highest BCUT2D eigenvalue weighted by atomic mass is 14.4. The van der Waals surface area contributed by atoms with Gasteiger partial charge in [-0.15, -0.1) is 0 Å². The fraction of sp³-hybridized carbons (Fsp3) is 0.643. The van der Waals surface area contributed by atoms with Gasteiger partial charge in [-0.2, -0.15) is 0 Å². The molecule has 86 valence electrons. The van der Waals surface area contributed by atoms with E-state index in [2.05, 4.69) is 27.4 Å². The molecule has 0 amide bonds. The Bertz CT molecular complexity index is 236. The lowest BCUT2D eigenvalue weighted by atomic mass is 9.91. The Morgan fingerprint density at radius 1 is 1.27 bits per heavy atom. The van der Waals surface area contributed by atoms with E-state index >= 15 is 0 Å². The molecule has 1 heteroatoms. The van der Waals surface area contributed by atoms with Crippen molar-refractivity contribution in [1.29, 1.82) is 5.41 Å². The lowest BCUT2D eigenvalue weighted by Gasteiger charge is -2.15. The molecule has 0 fully saturated rings. The fourth-order valence-corrected chi connectivity index (χ4v) is 1.48. The fourth-order valence-electron chi connectivity index (χ4n) is 1.48. The first-order valence-corrected chi connectivity index (χ1v) is 5.89. The molecule has 0 heterocycles. The molecule has 0 saturated heterocycles. The summed E-state index contributed by atoms with van der Waals surface area (Å²) in [5.41, 5.74) is 1.76. The number of hydrogen-bond acceptors (Lipinski definition) is 1. The first-order valence-electron chi connectivity index (χ1n) is 5.89. The van der Waals surface area contributed by atoms with Crippen LogP contribution in [0.5, 0.6) is 0 Å². The molecule has 0 saturated carbocycles. The van der Waals surface area contributed by atoms with Gasteiger partial charge in [-0.3, -0.25) is 0 Å². The summed E-state index contributed by atoms with van der Waals surface area (Å²) in [6.07, 6.45) is 7.23. The lowest BCUT2D eigenvalue weighted by Crippen LogP contribution is -2.11. The van der Waals surface area contributed by atoms with Gasteiger partial charge in [0.25, 0.3) is 0 Å².